The van der Waals surface area contributed by atoms with Gasteiger partial charge < -0.3 is 10.2 Å². The Bertz CT molecular complexity index is 383. The van der Waals surface area contributed by atoms with Crippen LogP contribution < -0.4 is 10.2 Å². The minimum atomic E-state index is 0.709. The summed E-state index contributed by atoms with van der Waals surface area (Å²) in [5, 5.41) is 4.21. The molecule has 2 aliphatic rings. The van der Waals surface area contributed by atoms with Crippen molar-refractivity contribution in [1.29, 1.82) is 0 Å². The van der Waals surface area contributed by atoms with Gasteiger partial charge in [-0.3, -0.25) is 0 Å². The highest BCUT2D eigenvalue weighted by Crippen LogP contribution is 2.32. The molecule has 1 unspecified atom stereocenters. The van der Waals surface area contributed by atoms with Crippen molar-refractivity contribution in [2.45, 2.75) is 31.7 Å². The van der Waals surface area contributed by atoms with E-state index in [4.69, 9.17) is 11.6 Å². The Kier molecular flexibility index (Phi) is 3.71. The fourth-order valence-corrected chi connectivity index (χ4v) is 2.82. The average molecular weight is 266 g/mol. The molecule has 3 rings (SSSR count). The number of piperidine rings is 1. The van der Waals surface area contributed by atoms with Crippen LogP contribution in [0.4, 0.5) is 5.82 Å². The molecule has 0 amide bonds. The van der Waals surface area contributed by atoms with E-state index in [0.29, 0.717) is 11.1 Å². The molecule has 4 heteroatoms. The Morgan fingerprint density at radius 2 is 2.22 bits per heavy atom. The SMILES string of the molecule is Clc1ccc(N(CC2CCCNC2)C2CC2)nc1. The van der Waals surface area contributed by atoms with Crippen molar-refractivity contribution in [2.24, 2.45) is 5.92 Å². The molecule has 1 aliphatic carbocycles. The van der Waals surface area contributed by atoms with Gasteiger partial charge in [-0.25, -0.2) is 4.98 Å². The van der Waals surface area contributed by atoms with Crippen LogP contribution in [-0.2, 0) is 0 Å². The fraction of sp³-hybridized carbons (Fsp3) is 0.643. The van der Waals surface area contributed by atoms with E-state index in [1.807, 2.05) is 6.07 Å². The zero-order valence-electron chi connectivity index (χ0n) is 10.6. The summed E-state index contributed by atoms with van der Waals surface area (Å²) in [5.41, 5.74) is 0. The van der Waals surface area contributed by atoms with E-state index in [1.165, 1.54) is 32.2 Å². The van der Waals surface area contributed by atoms with Gasteiger partial charge in [0.1, 0.15) is 5.82 Å². The highest BCUT2D eigenvalue weighted by atomic mass is 35.5. The van der Waals surface area contributed by atoms with Gasteiger partial charge in [-0.2, -0.15) is 0 Å². The maximum atomic E-state index is 5.91. The number of hydrogen-bond donors (Lipinski definition) is 1. The molecule has 98 valence electrons. The van der Waals surface area contributed by atoms with Gasteiger partial charge in [-0.05, 0) is 56.8 Å². The minimum Gasteiger partial charge on any atom is -0.353 e. The van der Waals surface area contributed by atoms with E-state index < -0.39 is 0 Å². The molecule has 0 bridgehead atoms. The third-order valence-corrected chi connectivity index (χ3v) is 4.07. The van der Waals surface area contributed by atoms with Crippen molar-refractivity contribution >= 4 is 17.4 Å². The highest BCUT2D eigenvalue weighted by Gasteiger charge is 2.31. The number of aromatic nitrogens is 1. The second-order valence-corrected chi connectivity index (χ2v) is 5.87. The Morgan fingerprint density at radius 1 is 1.33 bits per heavy atom. The first-order valence-corrected chi connectivity index (χ1v) is 7.29. The predicted octanol–water partition coefficient (Wildman–Crippen LogP) is 2.70. The van der Waals surface area contributed by atoms with E-state index in [1.54, 1.807) is 6.20 Å². The number of rotatable bonds is 4. The quantitative estimate of drug-likeness (QED) is 0.907. The molecule has 0 spiro atoms. The lowest BCUT2D eigenvalue weighted by Gasteiger charge is -2.31. The highest BCUT2D eigenvalue weighted by molar-refractivity contribution is 6.30. The van der Waals surface area contributed by atoms with Gasteiger partial charge in [-0.15, -0.1) is 0 Å². The standard InChI is InChI=1S/C14H20ClN3/c15-12-3-6-14(17-9-12)18(13-4-5-13)10-11-2-1-7-16-8-11/h3,6,9,11,13,16H,1-2,4-5,7-8,10H2. The van der Waals surface area contributed by atoms with Crippen LogP contribution in [0, 0.1) is 5.92 Å². The molecular weight excluding hydrogens is 246 g/mol. The van der Waals surface area contributed by atoms with Gasteiger partial charge in [-0.1, -0.05) is 11.6 Å². The molecule has 2 fully saturated rings. The zero-order valence-corrected chi connectivity index (χ0v) is 11.4. The number of nitrogens with zero attached hydrogens (tertiary/aromatic N) is 2. The largest absolute Gasteiger partial charge is 0.353 e. The lowest BCUT2D eigenvalue weighted by Crippen LogP contribution is -2.39. The summed E-state index contributed by atoms with van der Waals surface area (Å²) in [4.78, 5) is 6.96. The van der Waals surface area contributed by atoms with Crippen LogP contribution >= 0.6 is 11.6 Å². The topological polar surface area (TPSA) is 28.2 Å². The fourth-order valence-electron chi connectivity index (χ4n) is 2.71. The molecule has 0 radical (unpaired) electrons. The van der Waals surface area contributed by atoms with E-state index in [0.717, 1.165) is 24.8 Å². The van der Waals surface area contributed by atoms with Gasteiger partial charge >= 0.3 is 0 Å². The molecular formula is C14H20ClN3. The van der Waals surface area contributed by atoms with Crippen molar-refractivity contribution in [3.8, 4) is 0 Å². The van der Waals surface area contributed by atoms with Crippen molar-refractivity contribution in [2.75, 3.05) is 24.5 Å². The van der Waals surface area contributed by atoms with Crippen molar-refractivity contribution in [3.63, 3.8) is 0 Å². The Balaban J connectivity index is 1.69. The van der Waals surface area contributed by atoms with Crippen molar-refractivity contribution in [3.05, 3.63) is 23.4 Å². The van der Waals surface area contributed by atoms with Crippen LogP contribution in [0.5, 0.6) is 0 Å². The molecule has 2 heterocycles. The number of pyridine rings is 1. The third kappa shape index (κ3) is 2.96. The third-order valence-electron chi connectivity index (χ3n) is 3.85. The Morgan fingerprint density at radius 3 is 2.83 bits per heavy atom. The molecule has 1 aromatic heterocycles. The van der Waals surface area contributed by atoms with Crippen molar-refractivity contribution < 1.29 is 0 Å². The number of nitrogens with one attached hydrogen (secondary N) is 1. The smallest absolute Gasteiger partial charge is 0.128 e. The van der Waals surface area contributed by atoms with Gasteiger partial charge in [0.05, 0.1) is 5.02 Å². The lowest BCUT2D eigenvalue weighted by atomic mass is 9.99. The molecule has 1 aromatic rings. The Hall–Kier alpha value is -0.800. The second-order valence-electron chi connectivity index (χ2n) is 5.43. The van der Waals surface area contributed by atoms with Gasteiger partial charge in [0.25, 0.3) is 0 Å². The maximum absolute atomic E-state index is 5.91. The van der Waals surface area contributed by atoms with Gasteiger partial charge in [0.15, 0.2) is 0 Å². The van der Waals surface area contributed by atoms with Crippen LogP contribution in [-0.4, -0.2) is 30.7 Å². The molecule has 1 saturated carbocycles. The first-order chi connectivity index (χ1) is 8.83. The molecule has 0 aromatic carbocycles. The minimum absolute atomic E-state index is 0.709. The van der Waals surface area contributed by atoms with Gasteiger partial charge in [0, 0.05) is 18.8 Å². The molecule has 1 atom stereocenters. The summed E-state index contributed by atoms with van der Waals surface area (Å²) in [5.74, 6) is 1.85. The first-order valence-electron chi connectivity index (χ1n) is 6.92. The number of anilines is 1. The van der Waals surface area contributed by atoms with E-state index in [9.17, 15) is 0 Å². The molecule has 1 saturated heterocycles. The lowest BCUT2D eigenvalue weighted by molar-refractivity contribution is 0.375. The molecule has 18 heavy (non-hydrogen) atoms. The normalized spacial score (nSPS) is 23.9. The molecule has 1 N–H and O–H groups in total. The summed E-state index contributed by atoms with van der Waals surface area (Å²) in [6, 6.07) is 4.70. The maximum Gasteiger partial charge on any atom is 0.128 e. The summed E-state index contributed by atoms with van der Waals surface area (Å²) in [6.45, 7) is 3.46. The van der Waals surface area contributed by atoms with Gasteiger partial charge in [0.2, 0.25) is 0 Å². The van der Waals surface area contributed by atoms with Crippen LogP contribution in [0.3, 0.4) is 0 Å². The van der Waals surface area contributed by atoms with Crippen LogP contribution in [0.2, 0.25) is 5.02 Å². The summed E-state index contributed by atoms with van der Waals surface area (Å²) >= 11 is 5.91. The Labute approximate surface area is 114 Å². The average Bonchev–Trinajstić information content (AvgIpc) is 3.23. The summed E-state index contributed by atoms with van der Waals surface area (Å²) in [6.07, 6.45) is 7.02. The van der Waals surface area contributed by atoms with E-state index in [2.05, 4.69) is 21.3 Å². The summed E-state index contributed by atoms with van der Waals surface area (Å²) < 4.78 is 0. The zero-order chi connectivity index (χ0) is 12.4. The van der Waals surface area contributed by atoms with Crippen LogP contribution in [0.15, 0.2) is 18.3 Å². The van der Waals surface area contributed by atoms with Crippen molar-refractivity contribution in [1.82, 2.24) is 10.3 Å². The second kappa shape index (κ2) is 5.45. The number of halogens is 1. The predicted molar refractivity (Wildman–Crippen MR) is 75.2 cm³/mol. The number of hydrogen-bond acceptors (Lipinski definition) is 3. The monoisotopic (exact) mass is 265 g/mol. The van der Waals surface area contributed by atoms with E-state index >= 15 is 0 Å². The first kappa shape index (κ1) is 12.2. The van der Waals surface area contributed by atoms with Crippen LogP contribution in [0.1, 0.15) is 25.7 Å². The summed E-state index contributed by atoms with van der Waals surface area (Å²) in [7, 11) is 0. The molecule has 3 nitrogen and oxygen atoms in total. The van der Waals surface area contributed by atoms with Crippen LogP contribution in [0.25, 0.3) is 0 Å². The molecule has 1 aliphatic heterocycles. The van der Waals surface area contributed by atoms with E-state index in [-0.39, 0.29) is 0 Å².